The Morgan fingerprint density at radius 3 is 2.59 bits per heavy atom. The van der Waals surface area contributed by atoms with E-state index in [1.807, 2.05) is 0 Å². The molecule has 0 aromatic heterocycles. The first-order chi connectivity index (χ1) is 7.78. The smallest absolute Gasteiger partial charge is 0.338 e. The summed E-state index contributed by atoms with van der Waals surface area (Å²) in [4.78, 5) is 11.5. The Balaban J connectivity index is 2.90. The third-order valence-electron chi connectivity index (χ3n) is 1.68. The van der Waals surface area contributed by atoms with Gasteiger partial charge in [0.2, 0.25) is 0 Å². The number of rotatable bonds is 4. The first-order valence-electron chi connectivity index (χ1n) is 4.81. The van der Waals surface area contributed by atoms with Crippen LogP contribution in [0.2, 0.25) is 0 Å². The van der Waals surface area contributed by atoms with E-state index in [2.05, 4.69) is 4.72 Å². The second-order valence-electron chi connectivity index (χ2n) is 3.57. The van der Waals surface area contributed by atoms with E-state index in [9.17, 15) is 13.2 Å². The van der Waals surface area contributed by atoms with Crippen molar-refractivity contribution >= 4 is 31.6 Å². The van der Waals surface area contributed by atoms with Crippen LogP contribution in [0.3, 0.4) is 0 Å². The average Bonchev–Trinajstić information content (AvgIpc) is 2.14. The molecule has 1 rings (SSSR count). The zero-order valence-electron chi connectivity index (χ0n) is 9.31. The number of anilines is 1. The van der Waals surface area contributed by atoms with E-state index in [0.29, 0.717) is 0 Å². The van der Waals surface area contributed by atoms with E-state index in [4.69, 9.17) is 15.4 Å². The van der Waals surface area contributed by atoms with Crippen LogP contribution in [-0.2, 0) is 14.0 Å². The number of benzene rings is 1. The van der Waals surface area contributed by atoms with Gasteiger partial charge in [-0.25, -0.2) is 4.79 Å². The predicted molar refractivity (Wildman–Crippen MR) is 65.4 cm³/mol. The van der Waals surface area contributed by atoms with Crippen molar-refractivity contribution in [2.45, 2.75) is 20.0 Å². The first kappa shape index (κ1) is 13.8. The van der Waals surface area contributed by atoms with Crippen LogP contribution in [0.25, 0.3) is 0 Å². The molecule has 1 aromatic carbocycles. The van der Waals surface area contributed by atoms with Crippen molar-refractivity contribution in [2.75, 3.05) is 4.72 Å². The first-order valence-corrected chi connectivity index (χ1v) is 7.12. The quantitative estimate of drug-likeness (QED) is 0.676. The number of hydrogen-bond donors (Lipinski definition) is 1. The van der Waals surface area contributed by atoms with Gasteiger partial charge in [-0.05, 0) is 32.0 Å². The summed E-state index contributed by atoms with van der Waals surface area (Å²) in [5.74, 6) is -0.518. The summed E-state index contributed by atoms with van der Waals surface area (Å²) in [6.07, 6.45) is -0.240. The second kappa shape index (κ2) is 5.37. The van der Waals surface area contributed by atoms with Crippen molar-refractivity contribution in [1.82, 2.24) is 0 Å². The lowest BCUT2D eigenvalue weighted by Gasteiger charge is -2.09. The lowest BCUT2D eigenvalue weighted by molar-refractivity contribution is 0.0378. The van der Waals surface area contributed by atoms with E-state index in [1.165, 1.54) is 24.3 Å². The summed E-state index contributed by atoms with van der Waals surface area (Å²) in [5.41, 5.74) is 0.460. The lowest BCUT2D eigenvalue weighted by Crippen LogP contribution is -2.12. The standard InChI is InChI=1S/C10H12ClNO4S/c1-7(2)16-10(13)8-4-3-5-9(6-8)12-17(11,14)15/h3-7,12H,1-2H3. The highest BCUT2D eigenvalue weighted by Gasteiger charge is 2.11. The topological polar surface area (TPSA) is 72.5 Å². The summed E-state index contributed by atoms with van der Waals surface area (Å²) in [6, 6.07) is 5.88. The molecule has 0 saturated heterocycles. The van der Waals surface area contributed by atoms with E-state index < -0.39 is 15.2 Å². The zero-order chi connectivity index (χ0) is 13.1. The van der Waals surface area contributed by atoms with Crippen molar-refractivity contribution in [3.8, 4) is 0 Å². The Morgan fingerprint density at radius 2 is 2.06 bits per heavy atom. The van der Waals surface area contributed by atoms with Gasteiger partial charge in [0.05, 0.1) is 17.4 Å². The minimum absolute atomic E-state index is 0.207. The SMILES string of the molecule is CC(C)OC(=O)c1cccc(NS(=O)(=O)Cl)c1. The van der Waals surface area contributed by atoms with Crippen LogP contribution >= 0.6 is 10.7 Å². The number of carbonyl (C=O) groups excluding carboxylic acids is 1. The number of ether oxygens (including phenoxy) is 1. The molecule has 0 aliphatic heterocycles. The van der Waals surface area contributed by atoms with Crippen molar-refractivity contribution < 1.29 is 17.9 Å². The lowest BCUT2D eigenvalue weighted by atomic mass is 10.2. The van der Waals surface area contributed by atoms with Crippen LogP contribution in [0.5, 0.6) is 0 Å². The summed E-state index contributed by atoms with van der Waals surface area (Å²) >= 11 is 0. The molecule has 7 heteroatoms. The zero-order valence-corrected chi connectivity index (χ0v) is 10.9. The number of hydrogen-bond acceptors (Lipinski definition) is 4. The molecule has 0 radical (unpaired) electrons. The Bertz CT molecular complexity index is 513. The van der Waals surface area contributed by atoms with E-state index in [0.717, 1.165) is 0 Å². The van der Waals surface area contributed by atoms with Gasteiger partial charge < -0.3 is 4.74 Å². The van der Waals surface area contributed by atoms with Gasteiger partial charge >= 0.3 is 15.2 Å². The maximum atomic E-state index is 11.5. The molecule has 0 bridgehead atoms. The summed E-state index contributed by atoms with van der Waals surface area (Å²) < 4.78 is 28.6. The van der Waals surface area contributed by atoms with Crippen molar-refractivity contribution in [2.24, 2.45) is 0 Å². The van der Waals surface area contributed by atoms with Crippen LogP contribution in [-0.4, -0.2) is 20.5 Å². The molecule has 5 nitrogen and oxygen atoms in total. The molecular weight excluding hydrogens is 266 g/mol. The Labute approximate surface area is 104 Å². The van der Waals surface area contributed by atoms with Crippen LogP contribution in [0.1, 0.15) is 24.2 Å². The fourth-order valence-corrected chi connectivity index (χ4v) is 1.81. The van der Waals surface area contributed by atoms with Gasteiger partial charge in [0, 0.05) is 10.7 Å². The van der Waals surface area contributed by atoms with Gasteiger partial charge in [-0.3, -0.25) is 4.72 Å². The highest BCUT2D eigenvalue weighted by atomic mass is 35.7. The fourth-order valence-electron chi connectivity index (χ4n) is 1.13. The van der Waals surface area contributed by atoms with E-state index in [-0.39, 0.29) is 17.4 Å². The molecule has 0 heterocycles. The number of carbonyl (C=O) groups is 1. The maximum absolute atomic E-state index is 11.5. The van der Waals surface area contributed by atoms with Crippen molar-refractivity contribution in [3.05, 3.63) is 29.8 Å². The monoisotopic (exact) mass is 277 g/mol. The molecule has 0 spiro atoms. The van der Waals surface area contributed by atoms with Gasteiger partial charge in [-0.15, -0.1) is 0 Å². The molecule has 1 N–H and O–H groups in total. The van der Waals surface area contributed by atoms with Crippen molar-refractivity contribution in [1.29, 1.82) is 0 Å². The van der Waals surface area contributed by atoms with Gasteiger partial charge in [0.15, 0.2) is 0 Å². The minimum Gasteiger partial charge on any atom is -0.459 e. The molecular formula is C10H12ClNO4S. The molecule has 0 saturated carbocycles. The molecule has 0 amide bonds. The third kappa shape index (κ3) is 5.06. The summed E-state index contributed by atoms with van der Waals surface area (Å²) in [6.45, 7) is 3.45. The van der Waals surface area contributed by atoms with Crippen molar-refractivity contribution in [3.63, 3.8) is 0 Å². The summed E-state index contributed by atoms with van der Waals surface area (Å²) in [5, 5.41) is 0. The second-order valence-corrected chi connectivity index (χ2v) is 5.87. The predicted octanol–water partition coefficient (Wildman–Crippen LogP) is 2.15. The highest BCUT2D eigenvalue weighted by molar-refractivity contribution is 8.14. The maximum Gasteiger partial charge on any atom is 0.338 e. The Kier molecular flexibility index (Phi) is 4.36. The molecule has 17 heavy (non-hydrogen) atoms. The van der Waals surface area contributed by atoms with Gasteiger partial charge in [-0.2, -0.15) is 8.42 Å². The van der Waals surface area contributed by atoms with Gasteiger partial charge in [0.1, 0.15) is 0 Å². The molecule has 1 aromatic rings. The van der Waals surface area contributed by atoms with Crippen LogP contribution in [0, 0.1) is 0 Å². The van der Waals surface area contributed by atoms with Crippen LogP contribution in [0.4, 0.5) is 5.69 Å². The number of esters is 1. The largest absolute Gasteiger partial charge is 0.459 e. The number of nitrogens with one attached hydrogen (secondary N) is 1. The molecule has 0 aliphatic carbocycles. The molecule has 94 valence electrons. The minimum atomic E-state index is -3.87. The Morgan fingerprint density at radius 1 is 1.41 bits per heavy atom. The molecule has 0 atom stereocenters. The molecule has 0 fully saturated rings. The van der Waals surface area contributed by atoms with Crippen LogP contribution < -0.4 is 4.72 Å². The number of halogens is 1. The van der Waals surface area contributed by atoms with Gasteiger partial charge in [-0.1, -0.05) is 6.07 Å². The van der Waals surface area contributed by atoms with E-state index in [1.54, 1.807) is 13.8 Å². The van der Waals surface area contributed by atoms with Crippen LogP contribution in [0.15, 0.2) is 24.3 Å². The fraction of sp³-hybridized carbons (Fsp3) is 0.300. The average molecular weight is 278 g/mol. The third-order valence-corrected chi connectivity index (χ3v) is 2.39. The normalized spacial score (nSPS) is 11.3. The highest BCUT2D eigenvalue weighted by Crippen LogP contribution is 2.14. The molecule has 0 aliphatic rings. The van der Waals surface area contributed by atoms with Gasteiger partial charge in [0.25, 0.3) is 0 Å². The Hall–Kier alpha value is -1.27. The molecule has 0 unspecified atom stereocenters. The summed E-state index contributed by atoms with van der Waals surface area (Å²) in [7, 11) is 1.16. The van der Waals surface area contributed by atoms with E-state index >= 15 is 0 Å².